The highest BCUT2D eigenvalue weighted by molar-refractivity contribution is 6.04. The highest BCUT2D eigenvalue weighted by Gasteiger charge is 2.12. The molecule has 144 valence electrons. The molecule has 0 radical (unpaired) electrons. The number of carbonyl (C=O) groups excluding carboxylic acids is 1. The molecule has 0 aliphatic rings. The van der Waals surface area contributed by atoms with Gasteiger partial charge < -0.3 is 20.1 Å². The first kappa shape index (κ1) is 19.2. The number of ether oxygens (including phenoxy) is 2. The molecule has 0 aliphatic heterocycles. The van der Waals surface area contributed by atoms with Crippen LogP contribution >= 0.6 is 0 Å². The number of para-hydroxylation sites is 2. The Balaban J connectivity index is 1.69. The van der Waals surface area contributed by atoms with Gasteiger partial charge >= 0.3 is 0 Å². The second kappa shape index (κ2) is 8.85. The van der Waals surface area contributed by atoms with Crippen molar-refractivity contribution in [2.75, 3.05) is 17.7 Å². The van der Waals surface area contributed by atoms with E-state index in [1.165, 1.54) is 12.4 Å². The monoisotopic (exact) mass is 378 g/mol. The molecule has 0 aliphatic carbocycles. The van der Waals surface area contributed by atoms with Crippen LogP contribution in [-0.4, -0.2) is 29.1 Å². The predicted octanol–water partition coefficient (Wildman–Crippen LogP) is 4.27. The number of aromatic nitrogens is 2. The molecule has 0 bridgehead atoms. The normalized spacial score (nSPS) is 10.4. The van der Waals surface area contributed by atoms with Gasteiger partial charge in [0.1, 0.15) is 11.5 Å². The van der Waals surface area contributed by atoms with Gasteiger partial charge in [0.05, 0.1) is 24.5 Å². The number of methoxy groups -OCH3 is 1. The maximum Gasteiger partial charge on any atom is 0.258 e. The molecule has 0 fully saturated rings. The van der Waals surface area contributed by atoms with E-state index in [4.69, 9.17) is 9.47 Å². The van der Waals surface area contributed by atoms with Crippen molar-refractivity contribution in [2.24, 2.45) is 0 Å². The highest BCUT2D eigenvalue weighted by Crippen LogP contribution is 2.25. The molecule has 3 aromatic rings. The molecule has 28 heavy (non-hydrogen) atoms. The predicted molar refractivity (Wildman–Crippen MR) is 108 cm³/mol. The lowest BCUT2D eigenvalue weighted by Crippen LogP contribution is -2.15. The summed E-state index contributed by atoms with van der Waals surface area (Å²) in [5.74, 6) is 1.41. The Kier molecular flexibility index (Phi) is 6.06. The lowest BCUT2D eigenvalue weighted by atomic mass is 10.2. The number of hydrogen-bond acceptors (Lipinski definition) is 6. The summed E-state index contributed by atoms with van der Waals surface area (Å²) in [4.78, 5) is 20.9. The highest BCUT2D eigenvalue weighted by atomic mass is 16.5. The standard InChI is InChI=1S/C21H22N4O3/c1-14(2)28-19-10-5-4-9-18(19)25-20(26)15-12-22-21(23-13-15)24-16-7-6-8-17(11-16)27-3/h4-14H,1-3H3,(H,25,26)(H,22,23,24). The van der Waals surface area contributed by atoms with E-state index >= 15 is 0 Å². The molecule has 0 atom stereocenters. The molecule has 7 heteroatoms. The quantitative estimate of drug-likeness (QED) is 0.639. The Morgan fingerprint density at radius 3 is 2.50 bits per heavy atom. The van der Waals surface area contributed by atoms with Gasteiger partial charge in [-0.15, -0.1) is 0 Å². The molecular weight excluding hydrogens is 356 g/mol. The SMILES string of the molecule is COc1cccc(Nc2ncc(C(=O)Nc3ccccc3OC(C)C)cn2)c1. The van der Waals surface area contributed by atoms with Crippen molar-refractivity contribution >= 4 is 23.2 Å². The number of anilines is 3. The van der Waals surface area contributed by atoms with Gasteiger partial charge in [-0.05, 0) is 38.1 Å². The second-order valence-electron chi connectivity index (χ2n) is 6.27. The van der Waals surface area contributed by atoms with Crippen LogP contribution in [0.2, 0.25) is 0 Å². The maximum absolute atomic E-state index is 12.5. The van der Waals surface area contributed by atoms with Crippen LogP contribution in [0.25, 0.3) is 0 Å². The largest absolute Gasteiger partial charge is 0.497 e. The second-order valence-corrected chi connectivity index (χ2v) is 6.27. The molecular formula is C21H22N4O3. The zero-order chi connectivity index (χ0) is 19.9. The van der Waals surface area contributed by atoms with Crippen LogP contribution in [0.5, 0.6) is 11.5 Å². The number of hydrogen-bond donors (Lipinski definition) is 2. The topological polar surface area (TPSA) is 85.4 Å². The van der Waals surface area contributed by atoms with Crippen molar-refractivity contribution in [1.82, 2.24) is 9.97 Å². The third-order valence-corrected chi connectivity index (χ3v) is 3.74. The fourth-order valence-corrected chi connectivity index (χ4v) is 2.46. The molecule has 1 amide bonds. The summed E-state index contributed by atoms with van der Waals surface area (Å²) in [5.41, 5.74) is 1.73. The molecule has 1 heterocycles. The van der Waals surface area contributed by atoms with Gasteiger partial charge in [0.2, 0.25) is 5.95 Å². The molecule has 0 saturated carbocycles. The number of nitrogens with zero attached hydrogens (tertiary/aromatic N) is 2. The average Bonchev–Trinajstić information content (AvgIpc) is 2.70. The van der Waals surface area contributed by atoms with Gasteiger partial charge in [-0.2, -0.15) is 0 Å². The first-order valence-corrected chi connectivity index (χ1v) is 8.85. The van der Waals surface area contributed by atoms with Gasteiger partial charge in [-0.3, -0.25) is 4.79 Å². The van der Waals surface area contributed by atoms with Crippen LogP contribution in [-0.2, 0) is 0 Å². The van der Waals surface area contributed by atoms with Crippen LogP contribution in [0, 0.1) is 0 Å². The third-order valence-electron chi connectivity index (χ3n) is 3.74. The fraction of sp³-hybridized carbons (Fsp3) is 0.190. The summed E-state index contributed by atoms with van der Waals surface area (Å²) in [6.45, 7) is 3.86. The zero-order valence-electron chi connectivity index (χ0n) is 16.0. The van der Waals surface area contributed by atoms with Crippen molar-refractivity contribution in [3.63, 3.8) is 0 Å². The average molecular weight is 378 g/mol. The number of amides is 1. The summed E-state index contributed by atoms with van der Waals surface area (Å²) in [6.07, 6.45) is 2.94. The molecule has 2 aromatic carbocycles. The van der Waals surface area contributed by atoms with Crippen LogP contribution in [0.3, 0.4) is 0 Å². The minimum absolute atomic E-state index is 0.00311. The van der Waals surface area contributed by atoms with E-state index in [1.54, 1.807) is 13.2 Å². The van der Waals surface area contributed by atoms with Gasteiger partial charge in [-0.25, -0.2) is 9.97 Å². The molecule has 3 rings (SSSR count). The van der Waals surface area contributed by atoms with Crippen LogP contribution in [0.15, 0.2) is 60.9 Å². The first-order valence-electron chi connectivity index (χ1n) is 8.85. The number of benzene rings is 2. The molecule has 0 saturated heterocycles. The van der Waals surface area contributed by atoms with Gasteiger partial charge in [0.25, 0.3) is 5.91 Å². The van der Waals surface area contributed by atoms with Crippen molar-refractivity contribution < 1.29 is 14.3 Å². The Bertz CT molecular complexity index is 942. The number of rotatable bonds is 7. The Hall–Kier alpha value is -3.61. The fourth-order valence-electron chi connectivity index (χ4n) is 2.46. The van der Waals surface area contributed by atoms with E-state index in [0.717, 1.165) is 11.4 Å². The van der Waals surface area contributed by atoms with Crippen molar-refractivity contribution in [2.45, 2.75) is 20.0 Å². The van der Waals surface area contributed by atoms with Crippen molar-refractivity contribution in [3.05, 3.63) is 66.5 Å². The lowest BCUT2D eigenvalue weighted by molar-refractivity contribution is 0.102. The minimum atomic E-state index is -0.312. The minimum Gasteiger partial charge on any atom is -0.497 e. The summed E-state index contributed by atoms with van der Waals surface area (Å²) in [5, 5.41) is 5.91. The van der Waals surface area contributed by atoms with Crippen LogP contribution in [0.1, 0.15) is 24.2 Å². The number of nitrogens with one attached hydrogen (secondary N) is 2. The number of carbonyl (C=O) groups is 1. The van der Waals surface area contributed by atoms with Crippen molar-refractivity contribution in [1.29, 1.82) is 0 Å². The Morgan fingerprint density at radius 2 is 1.79 bits per heavy atom. The van der Waals surface area contributed by atoms with Gasteiger partial charge in [-0.1, -0.05) is 18.2 Å². The van der Waals surface area contributed by atoms with E-state index in [2.05, 4.69) is 20.6 Å². The van der Waals surface area contributed by atoms with Gasteiger partial charge in [0, 0.05) is 24.1 Å². The Morgan fingerprint density at radius 1 is 1.04 bits per heavy atom. The molecule has 7 nitrogen and oxygen atoms in total. The molecule has 0 spiro atoms. The van der Waals surface area contributed by atoms with E-state index in [9.17, 15) is 4.79 Å². The van der Waals surface area contributed by atoms with E-state index < -0.39 is 0 Å². The Labute approximate surface area is 163 Å². The molecule has 0 unspecified atom stereocenters. The summed E-state index contributed by atoms with van der Waals surface area (Å²) < 4.78 is 10.9. The summed E-state index contributed by atoms with van der Waals surface area (Å²) in [6, 6.07) is 14.7. The van der Waals surface area contributed by atoms with Crippen LogP contribution in [0.4, 0.5) is 17.3 Å². The van der Waals surface area contributed by atoms with E-state index in [0.29, 0.717) is 22.9 Å². The molecule has 2 N–H and O–H groups in total. The summed E-state index contributed by atoms with van der Waals surface area (Å²) in [7, 11) is 1.60. The van der Waals surface area contributed by atoms with Crippen molar-refractivity contribution in [3.8, 4) is 11.5 Å². The first-order chi connectivity index (χ1) is 13.5. The summed E-state index contributed by atoms with van der Waals surface area (Å²) >= 11 is 0. The van der Waals surface area contributed by atoms with E-state index in [-0.39, 0.29) is 12.0 Å². The zero-order valence-corrected chi connectivity index (χ0v) is 16.0. The van der Waals surface area contributed by atoms with E-state index in [1.807, 2.05) is 56.3 Å². The lowest BCUT2D eigenvalue weighted by Gasteiger charge is -2.14. The smallest absolute Gasteiger partial charge is 0.258 e. The van der Waals surface area contributed by atoms with Crippen LogP contribution < -0.4 is 20.1 Å². The third kappa shape index (κ3) is 4.97. The van der Waals surface area contributed by atoms with Gasteiger partial charge in [0.15, 0.2) is 0 Å². The molecule has 1 aromatic heterocycles. The maximum atomic E-state index is 12.5.